The minimum atomic E-state index is -0.276. The lowest BCUT2D eigenvalue weighted by Crippen LogP contribution is -2.43. The van der Waals surface area contributed by atoms with Gasteiger partial charge in [0.15, 0.2) is 11.6 Å². The molecule has 1 aromatic carbocycles. The molecule has 1 heterocycles. The zero-order valence-corrected chi connectivity index (χ0v) is 20.0. The Hall–Kier alpha value is -2.36. The van der Waals surface area contributed by atoms with Crippen molar-refractivity contribution in [3.05, 3.63) is 52.4 Å². The van der Waals surface area contributed by atoms with Crippen molar-refractivity contribution in [1.82, 2.24) is 4.90 Å². The number of rotatable bonds is 3. The third kappa shape index (κ3) is 3.97. The van der Waals surface area contributed by atoms with Crippen LogP contribution in [0, 0.1) is 10.8 Å². The molecule has 166 valence electrons. The molecule has 0 saturated carbocycles. The van der Waals surface area contributed by atoms with Crippen molar-refractivity contribution in [3.8, 4) is 5.75 Å². The molecule has 4 rings (SSSR count). The minimum Gasteiger partial charge on any atom is -0.491 e. The fourth-order valence-corrected chi connectivity index (χ4v) is 5.51. The van der Waals surface area contributed by atoms with Crippen LogP contribution in [-0.4, -0.2) is 29.6 Å². The summed E-state index contributed by atoms with van der Waals surface area (Å²) in [6, 6.07) is 7.98. The van der Waals surface area contributed by atoms with Gasteiger partial charge in [0, 0.05) is 48.3 Å². The summed E-state index contributed by atoms with van der Waals surface area (Å²) in [6.07, 6.45) is 2.84. The van der Waals surface area contributed by atoms with Crippen LogP contribution in [-0.2, 0) is 9.59 Å². The maximum Gasteiger partial charge on any atom is 0.162 e. The highest BCUT2D eigenvalue weighted by molar-refractivity contribution is 6.06. The molecule has 0 fully saturated rings. The molecule has 0 saturated heterocycles. The van der Waals surface area contributed by atoms with E-state index in [4.69, 9.17) is 4.74 Å². The van der Waals surface area contributed by atoms with E-state index >= 15 is 0 Å². The number of carbonyl (C=O) groups excluding carboxylic acids is 2. The van der Waals surface area contributed by atoms with Crippen molar-refractivity contribution in [2.24, 2.45) is 10.8 Å². The highest BCUT2D eigenvalue weighted by Crippen LogP contribution is 2.53. The van der Waals surface area contributed by atoms with E-state index in [9.17, 15) is 9.59 Å². The van der Waals surface area contributed by atoms with Gasteiger partial charge in [-0.2, -0.15) is 0 Å². The second kappa shape index (κ2) is 7.36. The Morgan fingerprint density at radius 2 is 1.29 bits per heavy atom. The van der Waals surface area contributed by atoms with E-state index in [0.29, 0.717) is 12.8 Å². The Labute approximate surface area is 186 Å². The molecule has 0 N–H and O–H groups in total. The number of hydrogen-bond donors (Lipinski definition) is 0. The second-order valence-corrected chi connectivity index (χ2v) is 11.3. The van der Waals surface area contributed by atoms with E-state index < -0.39 is 0 Å². The average molecular weight is 422 g/mol. The number of ketones is 2. The lowest BCUT2D eigenvalue weighted by atomic mass is 9.64. The zero-order chi connectivity index (χ0) is 22.7. The van der Waals surface area contributed by atoms with Crippen LogP contribution in [0.4, 0.5) is 0 Å². The minimum absolute atomic E-state index is 0.0735. The highest BCUT2D eigenvalue weighted by atomic mass is 16.5. The van der Waals surface area contributed by atoms with Crippen molar-refractivity contribution < 1.29 is 14.3 Å². The van der Waals surface area contributed by atoms with Gasteiger partial charge in [-0.1, -0.05) is 39.8 Å². The molecule has 0 bridgehead atoms. The molecular formula is C27H35NO3. The van der Waals surface area contributed by atoms with Crippen LogP contribution >= 0.6 is 0 Å². The fourth-order valence-electron chi connectivity index (χ4n) is 5.51. The number of carbonyl (C=O) groups is 2. The topological polar surface area (TPSA) is 46.6 Å². The molecule has 1 aromatic rings. The lowest BCUT2D eigenvalue weighted by molar-refractivity contribution is -0.119. The molecule has 0 radical (unpaired) electrons. The summed E-state index contributed by atoms with van der Waals surface area (Å²) in [6.45, 7) is 12.7. The summed E-state index contributed by atoms with van der Waals surface area (Å²) in [5, 5.41) is 0. The van der Waals surface area contributed by atoms with Gasteiger partial charge in [-0.05, 0) is 55.2 Å². The Balaban J connectivity index is 1.88. The third-order valence-corrected chi connectivity index (χ3v) is 6.77. The maximum absolute atomic E-state index is 13.5. The van der Waals surface area contributed by atoms with Crippen molar-refractivity contribution in [2.75, 3.05) is 7.05 Å². The van der Waals surface area contributed by atoms with Gasteiger partial charge in [0.1, 0.15) is 5.75 Å². The van der Waals surface area contributed by atoms with Crippen LogP contribution in [0.25, 0.3) is 0 Å². The number of nitrogens with zero attached hydrogens (tertiary/aromatic N) is 1. The molecule has 3 aliphatic rings. The van der Waals surface area contributed by atoms with Gasteiger partial charge in [-0.15, -0.1) is 0 Å². The average Bonchev–Trinajstić information content (AvgIpc) is 2.62. The zero-order valence-electron chi connectivity index (χ0n) is 20.0. The standard InChI is InChI=1S/C27H35NO3/c1-16(2)31-18-10-8-17(9-11-18)23-24-19(12-26(3,4)14-21(24)29)28(7)20-13-27(5,6)15-22(30)25(20)23/h8-11,16,23H,12-15H2,1-7H3. The van der Waals surface area contributed by atoms with Gasteiger partial charge in [0.2, 0.25) is 0 Å². The molecule has 0 amide bonds. The van der Waals surface area contributed by atoms with E-state index in [-0.39, 0.29) is 34.4 Å². The van der Waals surface area contributed by atoms with Crippen molar-refractivity contribution in [1.29, 1.82) is 0 Å². The quantitative estimate of drug-likeness (QED) is 0.620. The lowest BCUT2D eigenvalue weighted by Gasteiger charge is -2.47. The predicted octanol–water partition coefficient (Wildman–Crippen LogP) is 5.79. The number of hydrogen-bond acceptors (Lipinski definition) is 4. The molecule has 0 unspecified atom stereocenters. The summed E-state index contributed by atoms with van der Waals surface area (Å²) < 4.78 is 5.82. The molecule has 2 aliphatic carbocycles. The largest absolute Gasteiger partial charge is 0.491 e. The van der Waals surface area contributed by atoms with Gasteiger partial charge in [0.05, 0.1) is 6.10 Å². The number of Topliss-reactive ketones (excluding diaryl/α,β-unsaturated/α-hetero) is 2. The van der Waals surface area contributed by atoms with Crippen LogP contribution in [0.1, 0.15) is 78.7 Å². The fraction of sp³-hybridized carbons (Fsp3) is 0.556. The number of allylic oxidation sites excluding steroid dienone is 4. The molecule has 0 aromatic heterocycles. The third-order valence-electron chi connectivity index (χ3n) is 6.77. The summed E-state index contributed by atoms with van der Waals surface area (Å²) in [4.78, 5) is 29.1. The molecule has 31 heavy (non-hydrogen) atoms. The number of ether oxygens (including phenoxy) is 1. The molecule has 0 spiro atoms. The molecular weight excluding hydrogens is 386 g/mol. The molecule has 1 aliphatic heterocycles. The van der Waals surface area contributed by atoms with Crippen LogP contribution in [0.2, 0.25) is 0 Å². The molecule has 4 heteroatoms. The van der Waals surface area contributed by atoms with Gasteiger partial charge in [-0.3, -0.25) is 9.59 Å². The van der Waals surface area contributed by atoms with Gasteiger partial charge < -0.3 is 9.64 Å². The first-order valence-electron chi connectivity index (χ1n) is 11.4. The van der Waals surface area contributed by atoms with Gasteiger partial charge >= 0.3 is 0 Å². The maximum atomic E-state index is 13.5. The normalized spacial score (nSPS) is 23.3. The predicted molar refractivity (Wildman–Crippen MR) is 123 cm³/mol. The first-order chi connectivity index (χ1) is 14.4. The highest BCUT2D eigenvalue weighted by Gasteiger charge is 2.48. The van der Waals surface area contributed by atoms with E-state index in [1.54, 1.807) is 0 Å². The van der Waals surface area contributed by atoms with Crippen molar-refractivity contribution in [2.45, 2.75) is 79.2 Å². The van der Waals surface area contributed by atoms with Gasteiger partial charge in [0.25, 0.3) is 0 Å². The van der Waals surface area contributed by atoms with Crippen LogP contribution in [0.3, 0.4) is 0 Å². The summed E-state index contributed by atoms with van der Waals surface area (Å²) in [5.74, 6) is 0.883. The second-order valence-electron chi connectivity index (χ2n) is 11.3. The SMILES string of the molecule is CC(C)Oc1ccc(C2C3=C(CC(C)(C)CC3=O)N(C)C3=C2C(=O)CC(C)(C)C3)cc1. The van der Waals surface area contributed by atoms with Crippen LogP contribution in [0.15, 0.2) is 46.8 Å². The first-order valence-corrected chi connectivity index (χ1v) is 11.4. The van der Waals surface area contributed by atoms with E-state index in [2.05, 4.69) is 32.6 Å². The van der Waals surface area contributed by atoms with Gasteiger partial charge in [-0.25, -0.2) is 0 Å². The smallest absolute Gasteiger partial charge is 0.162 e. The Morgan fingerprint density at radius 1 is 0.839 bits per heavy atom. The van der Waals surface area contributed by atoms with E-state index in [1.807, 2.05) is 45.2 Å². The number of benzene rings is 1. The molecule has 0 atom stereocenters. The van der Waals surface area contributed by atoms with Crippen molar-refractivity contribution in [3.63, 3.8) is 0 Å². The Bertz CT molecular complexity index is 938. The van der Waals surface area contributed by atoms with E-state index in [0.717, 1.165) is 46.7 Å². The van der Waals surface area contributed by atoms with E-state index in [1.165, 1.54) is 0 Å². The molecule has 4 nitrogen and oxygen atoms in total. The Kier molecular flexibility index (Phi) is 5.19. The van der Waals surface area contributed by atoms with Crippen molar-refractivity contribution >= 4 is 11.6 Å². The van der Waals surface area contributed by atoms with Crippen LogP contribution in [0.5, 0.6) is 5.75 Å². The monoisotopic (exact) mass is 421 g/mol. The first kappa shape index (κ1) is 21.9. The summed E-state index contributed by atoms with van der Waals surface area (Å²) in [5.41, 5.74) is 4.70. The summed E-state index contributed by atoms with van der Waals surface area (Å²) >= 11 is 0. The van der Waals surface area contributed by atoms with Crippen LogP contribution < -0.4 is 4.74 Å². The summed E-state index contributed by atoms with van der Waals surface area (Å²) in [7, 11) is 2.05. The Morgan fingerprint density at radius 3 is 1.71 bits per heavy atom.